The van der Waals surface area contributed by atoms with Crippen molar-refractivity contribution in [2.24, 2.45) is 0 Å². The Hall–Kier alpha value is -2.25. The van der Waals surface area contributed by atoms with Crippen LogP contribution in [0.2, 0.25) is 0 Å². The van der Waals surface area contributed by atoms with Gasteiger partial charge in [0.1, 0.15) is 0 Å². The van der Waals surface area contributed by atoms with Crippen molar-refractivity contribution in [3.63, 3.8) is 0 Å². The molecule has 0 atom stereocenters. The zero-order chi connectivity index (χ0) is 20.1. The molecule has 1 N–H and O–H groups in total. The number of pyridine rings is 1. The zero-order valence-electron chi connectivity index (χ0n) is 16.4. The van der Waals surface area contributed by atoms with Gasteiger partial charge < -0.3 is 5.32 Å². The van der Waals surface area contributed by atoms with Crippen molar-refractivity contribution >= 4 is 15.9 Å². The van der Waals surface area contributed by atoms with Crippen LogP contribution < -0.4 is 5.32 Å². The molecule has 2 aromatic rings. The fourth-order valence-electron chi connectivity index (χ4n) is 3.50. The Bertz CT molecular complexity index is 921. The first-order valence-corrected chi connectivity index (χ1v) is 11.3. The number of hydrogen-bond donors (Lipinski definition) is 1. The van der Waals surface area contributed by atoms with Crippen LogP contribution in [-0.4, -0.2) is 48.5 Å². The van der Waals surface area contributed by atoms with Crippen molar-refractivity contribution < 1.29 is 13.2 Å². The summed E-state index contributed by atoms with van der Waals surface area (Å²) in [5, 5.41) is 3.04. The van der Waals surface area contributed by atoms with E-state index in [1.165, 1.54) is 0 Å². The number of carbonyl (C=O) groups is 1. The van der Waals surface area contributed by atoms with Crippen molar-refractivity contribution in [1.82, 2.24) is 14.6 Å². The zero-order valence-corrected chi connectivity index (χ0v) is 17.2. The van der Waals surface area contributed by atoms with Crippen LogP contribution in [0.25, 0.3) is 11.3 Å². The molecule has 0 spiro atoms. The maximum Gasteiger partial charge on any atom is 0.253 e. The number of piperidine rings is 1. The Morgan fingerprint density at radius 2 is 1.82 bits per heavy atom. The van der Waals surface area contributed by atoms with Crippen molar-refractivity contribution in [2.75, 3.05) is 18.8 Å². The predicted molar refractivity (Wildman–Crippen MR) is 111 cm³/mol. The first kappa shape index (κ1) is 20.5. The molecule has 150 valence electrons. The highest BCUT2D eigenvalue weighted by atomic mass is 32.2. The van der Waals surface area contributed by atoms with E-state index in [9.17, 15) is 13.2 Å². The average molecular weight is 402 g/mol. The number of aryl methyl sites for hydroxylation is 1. The summed E-state index contributed by atoms with van der Waals surface area (Å²) >= 11 is 0. The van der Waals surface area contributed by atoms with Gasteiger partial charge in [-0.25, -0.2) is 12.7 Å². The van der Waals surface area contributed by atoms with Crippen molar-refractivity contribution in [1.29, 1.82) is 0 Å². The van der Waals surface area contributed by atoms with Gasteiger partial charge in [-0.3, -0.25) is 9.78 Å². The summed E-state index contributed by atoms with van der Waals surface area (Å²) in [6.45, 7) is 4.61. The minimum absolute atomic E-state index is 0.0197. The quantitative estimate of drug-likeness (QED) is 0.807. The summed E-state index contributed by atoms with van der Waals surface area (Å²) < 4.78 is 25.9. The fourth-order valence-corrected chi connectivity index (χ4v) is 5.04. The molecule has 1 aliphatic heterocycles. The smallest absolute Gasteiger partial charge is 0.253 e. The monoisotopic (exact) mass is 401 g/mol. The van der Waals surface area contributed by atoms with Crippen molar-refractivity contribution in [2.45, 2.75) is 39.2 Å². The lowest BCUT2D eigenvalue weighted by Crippen LogP contribution is -2.47. The summed E-state index contributed by atoms with van der Waals surface area (Å²) in [5.41, 5.74) is 3.09. The van der Waals surface area contributed by atoms with E-state index in [2.05, 4.69) is 10.3 Å². The number of sulfonamides is 1. The molecule has 0 unspecified atom stereocenters. The Balaban J connectivity index is 1.61. The number of nitrogens with zero attached hydrogens (tertiary/aromatic N) is 2. The highest BCUT2D eigenvalue weighted by Crippen LogP contribution is 2.20. The Labute approximate surface area is 167 Å². The number of rotatable bonds is 6. The molecule has 0 bridgehead atoms. The molecule has 7 heteroatoms. The molecule has 6 nitrogen and oxygen atoms in total. The van der Waals surface area contributed by atoms with Crippen molar-refractivity contribution in [3.05, 3.63) is 53.7 Å². The highest BCUT2D eigenvalue weighted by molar-refractivity contribution is 7.89. The van der Waals surface area contributed by atoms with Gasteiger partial charge in [-0.15, -0.1) is 0 Å². The molecule has 1 amide bonds. The topological polar surface area (TPSA) is 79.4 Å². The minimum atomic E-state index is -3.16. The molecule has 0 saturated carbocycles. The third kappa shape index (κ3) is 4.77. The number of carbonyl (C=O) groups excluding carboxylic acids is 1. The van der Waals surface area contributed by atoms with Gasteiger partial charge in [0.2, 0.25) is 10.0 Å². The van der Waals surface area contributed by atoms with Gasteiger partial charge in [0, 0.05) is 24.7 Å². The standard InChI is InChI=1S/C21H27N3O3S/c1-3-15-28(26,27)24-13-11-18(12-14-24)23-21(25)19-9-10-20(22-16(19)2)17-7-5-4-6-8-17/h4-10,18H,3,11-15H2,1-2H3,(H,23,25). The number of amides is 1. The number of aromatic nitrogens is 1. The van der Waals surface area contributed by atoms with Gasteiger partial charge in [0.15, 0.2) is 0 Å². The molecule has 2 heterocycles. The van der Waals surface area contributed by atoms with Crippen LogP contribution in [0.3, 0.4) is 0 Å². The Morgan fingerprint density at radius 1 is 1.14 bits per heavy atom. The van der Waals surface area contributed by atoms with Crippen LogP contribution >= 0.6 is 0 Å². The second kappa shape index (κ2) is 8.84. The maximum absolute atomic E-state index is 12.7. The van der Waals surface area contributed by atoms with E-state index in [0.717, 1.165) is 11.3 Å². The average Bonchev–Trinajstić information content (AvgIpc) is 2.69. The molecule has 3 rings (SSSR count). The predicted octanol–water partition coefficient (Wildman–Crippen LogP) is 2.99. The van der Waals surface area contributed by atoms with E-state index in [1.54, 1.807) is 10.4 Å². The Morgan fingerprint density at radius 3 is 2.43 bits per heavy atom. The summed E-state index contributed by atoms with van der Waals surface area (Å²) in [5.74, 6) is 0.0299. The summed E-state index contributed by atoms with van der Waals surface area (Å²) in [6.07, 6.45) is 1.87. The molecule has 1 aromatic carbocycles. The van der Waals surface area contributed by atoms with Crippen LogP contribution in [0.5, 0.6) is 0 Å². The van der Waals surface area contributed by atoms with Crippen LogP contribution in [0.15, 0.2) is 42.5 Å². The molecule has 0 radical (unpaired) electrons. The van der Waals surface area contributed by atoms with E-state index in [-0.39, 0.29) is 17.7 Å². The summed E-state index contributed by atoms with van der Waals surface area (Å²) in [7, 11) is -3.16. The Kier molecular flexibility index (Phi) is 6.46. The maximum atomic E-state index is 12.7. The van der Waals surface area contributed by atoms with Gasteiger partial charge in [-0.2, -0.15) is 0 Å². The molecule has 28 heavy (non-hydrogen) atoms. The van der Waals surface area contributed by atoms with Crippen LogP contribution in [-0.2, 0) is 10.0 Å². The van der Waals surface area contributed by atoms with E-state index >= 15 is 0 Å². The van der Waals surface area contributed by atoms with Gasteiger partial charge in [0.05, 0.1) is 22.7 Å². The third-order valence-electron chi connectivity index (χ3n) is 5.04. The van der Waals surface area contributed by atoms with Gasteiger partial charge in [0.25, 0.3) is 5.91 Å². The van der Waals surface area contributed by atoms with E-state index in [4.69, 9.17) is 0 Å². The lowest BCUT2D eigenvalue weighted by atomic mass is 10.0. The molecular weight excluding hydrogens is 374 g/mol. The summed E-state index contributed by atoms with van der Waals surface area (Å²) in [6, 6.07) is 13.5. The first-order chi connectivity index (χ1) is 13.4. The lowest BCUT2D eigenvalue weighted by molar-refractivity contribution is 0.0923. The third-order valence-corrected chi connectivity index (χ3v) is 7.12. The summed E-state index contributed by atoms with van der Waals surface area (Å²) in [4.78, 5) is 17.3. The number of benzene rings is 1. The van der Waals surface area contributed by atoms with Crippen LogP contribution in [0.4, 0.5) is 0 Å². The van der Waals surface area contributed by atoms with Crippen molar-refractivity contribution in [3.8, 4) is 11.3 Å². The molecule has 1 saturated heterocycles. The normalized spacial score (nSPS) is 16.1. The minimum Gasteiger partial charge on any atom is -0.349 e. The first-order valence-electron chi connectivity index (χ1n) is 9.72. The molecule has 0 aliphatic carbocycles. The van der Waals surface area contributed by atoms with Gasteiger partial charge >= 0.3 is 0 Å². The van der Waals surface area contributed by atoms with E-state index in [0.29, 0.717) is 43.6 Å². The molecule has 1 aromatic heterocycles. The van der Waals surface area contributed by atoms with Crippen LogP contribution in [0.1, 0.15) is 42.2 Å². The largest absolute Gasteiger partial charge is 0.349 e. The molecule has 1 fully saturated rings. The number of hydrogen-bond acceptors (Lipinski definition) is 4. The highest BCUT2D eigenvalue weighted by Gasteiger charge is 2.28. The molecular formula is C21H27N3O3S. The van der Waals surface area contributed by atoms with Gasteiger partial charge in [-0.05, 0) is 38.3 Å². The van der Waals surface area contributed by atoms with Crippen LogP contribution in [0, 0.1) is 6.92 Å². The second-order valence-electron chi connectivity index (χ2n) is 7.16. The lowest BCUT2D eigenvalue weighted by Gasteiger charge is -2.31. The van der Waals surface area contributed by atoms with E-state index in [1.807, 2.05) is 50.2 Å². The second-order valence-corrected chi connectivity index (χ2v) is 9.25. The molecule has 1 aliphatic rings. The fraction of sp³-hybridized carbons (Fsp3) is 0.429. The van der Waals surface area contributed by atoms with Gasteiger partial charge in [-0.1, -0.05) is 37.3 Å². The van der Waals surface area contributed by atoms with E-state index < -0.39 is 10.0 Å². The SMILES string of the molecule is CCCS(=O)(=O)N1CCC(NC(=O)c2ccc(-c3ccccc3)nc2C)CC1. The number of nitrogens with one attached hydrogen (secondary N) is 1.